The van der Waals surface area contributed by atoms with Crippen LogP contribution in [0.2, 0.25) is 0 Å². The summed E-state index contributed by atoms with van der Waals surface area (Å²) in [4.78, 5) is 30.1. The molecule has 2 heterocycles. The molecule has 13 heteroatoms. The number of halogens is 6. The van der Waals surface area contributed by atoms with Crippen molar-refractivity contribution in [2.75, 3.05) is 13.6 Å². The van der Waals surface area contributed by atoms with Crippen LogP contribution in [0.15, 0.2) is 30.6 Å². The molecule has 0 atom stereocenters. The third kappa shape index (κ3) is 7.70. The molecular formula is C22H26F6N4O3. The van der Waals surface area contributed by atoms with Gasteiger partial charge in [0.25, 0.3) is 5.91 Å². The summed E-state index contributed by atoms with van der Waals surface area (Å²) < 4.78 is 72.8. The molecule has 0 saturated carbocycles. The lowest BCUT2D eigenvalue weighted by molar-refractivity contribution is -0.192. The third-order valence-corrected chi connectivity index (χ3v) is 5.45. The van der Waals surface area contributed by atoms with Gasteiger partial charge < -0.3 is 14.6 Å². The van der Waals surface area contributed by atoms with E-state index in [1.807, 2.05) is 11.6 Å². The van der Waals surface area contributed by atoms with Crippen molar-refractivity contribution in [3.8, 4) is 0 Å². The topological polar surface area (TPSA) is 78.7 Å². The van der Waals surface area contributed by atoms with Crippen molar-refractivity contribution in [1.29, 1.82) is 0 Å². The van der Waals surface area contributed by atoms with Gasteiger partial charge in [0.15, 0.2) is 0 Å². The van der Waals surface area contributed by atoms with Crippen molar-refractivity contribution in [3.63, 3.8) is 0 Å². The molecule has 0 saturated heterocycles. The molecule has 35 heavy (non-hydrogen) atoms. The standard InChI is InChI=1S/C20H25F3N4O.C2HF3O2/c1-14(2)25(3)11-17-18-12-26(8-5-9-27(18)13-24-17)19(28)15-6-4-7-16(10-15)20(21,22)23;3-2(4,5)1(6)7/h4,6-7,10,13-14H,5,8-9,11-12H2,1-3H3;(H,6,7). The fourth-order valence-electron chi connectivity index (χ4n) is 3.25. The van der Waals surface area contributed by atoms with Gasteiger partial charge in [0.1, 0.15) is 0 Å². The minimum absolute atomic E-state index is 0.0589. The number of carbonyl (C=O) groups is 2. The van der Waals surface area contributed by atoms with Gasteiger partial charge in [-0.15, -0.1) is 0 Å². The van der Waals surface area contributed by atoms with Gasteiger partial charge in [0, 0.05) is 31.2 Å². The monoisotopic (exact) mass is 508 g/mol. The van der Waals surface area contributed by atoms with Crippen LogP contribution in [-0.2, 0) is 30.6 Å². The Morgan fingerprint density at radius 3 is 2.31 bits per heavy atom. The van der Waals surface area contributed by atoms with Crippen molar-refractivity contribution in [1.82, 2.24) is 19.4 Å². The van der Waals surface area contributed by atoms with Crippen molar-refractivity contribution < 1.29 is 41.0 Å². The first kappa shape index (κ1) is 28.1. The molecule has 1 aliphatic rings. The number of hydrogen-bond donors (Lipinski definition) is 1. The van der Waals surface area contributed by atoms with Crippen LogP contribution in [0.1, 0.15) is 47.6 Å². The van der Waals surface area contributed by atoms with Crippen LogP contribution < -0.4 is 0 Å². The van der Waals surface area contributed by atoms with Crippen LogP contribution in [0, 0.1) is 0 Å². The lowest BCUT2D eigenvalue weighted by Gasteiger charge is -2.23. The molecule has 0 unspecified atom stereocenters. The van der Waals surface area contributed by atoms with Gasteiger partial charge in [-0.1, -0.05) is 6.07 Å². The number of aryl methyl sites for hydroxylation is 1. The van der Waals surface area contributed by atoms with Gasteiger partial charge in [-0.3, -0.25) is 9.69 Å². The molecule has 0 spiro atoms. The molecule has 194 valence electrons. The Balaban J connectivity index is 0.000000540. The summed E-state index contributed by atoms with van der Waals surface area (Å²) in [6.45, 7) is 6.43. The summed E-state index contributed by atoms with van der Waals surface area (Å²) in [5, 5.41) is 7.12. The maximum absolute atomic E-state index is 13.0. The van der Waals surface area contributed by atoms with E-state index in [0.717, 1.165) is 36.5 Å². The zero-order valence-electron chi connectivity index (χ0n) is 19.3. The van der Waals surface area contributed by atoms with Gasteiger partial charge in [-0.2, -0.15) is 26.3 Å². The predicted molar refractivity (Wildman–Crippen MR) is 113 cm³/mol. The summed E-state index contributed by atoms with van der Waals surface area (Å²) in [5.41, 5.74) is 1.10. The highest BCUT2D eigenvalue weighted by Gasteiger charge is 2.38. The van der Waals surface area contributed by atoms with Gasteiger partial charge in [-0.05, 0) is 45.5 Å². The largest absolute Gasteiger partial charge is 0.490 e. The zero-order chi connectivity index (χ0) is 26.6. The highest BCUT2D eigenvalue weighted by Crippen LogP contribution is 2.30. The van der Waals surface area contributed by atoms with Gasteiger partial charge in [0.2, 0.25) is 0 Å². The van der Waals surface area contributed by atoms with Crippen LogP contribution in [0.5, 0.6) is 0 Å². The summed E-state index contributed by atoms with van der Waals surface area (Å²) in [6.07, 6.45) is -7.03. The molecule has 1 N–H and O–H groups in total. The maximum Gasteiger partial charge on any atom is 0.490 e. The highest BCUT2D eigenvalue weighted by molar-refractivity contribution is 5.94. The molecule has 2 aromatic rings. The number of aliphatic carboxylic acids is 1. The van der Waals surface area contributed by atoms with E-state index in [4.69, 9.17) is 9.90 Å². The average Bonchev–Trinajstić information content (AvgIpc) is 2.99. The van der Waals surface area contributed by atoms with E-state index in [1.165, 1.54) is 12.1 Å². The Bertz CT molecular complexity index is 1030. The van der Waals surface area contributed by atoms with E-state index in [9.17, 15) is 31.1 Å². The molecule has 0 radical (unpaired) electrons. The van der Waals surface area contributed by atoms with Gasteiger partial charge in [0.05, 0.1) is 29.8 Å². The summed E-state index contributed by atoms with van der Waals surface area (Å²) in [5.74, 6) is -3.14. The molecule has 1 aromatic heterocycles. The SMILES string of the molecule is CC(C)N(C)Cc1ncn2c1CN(C(=O)c1cccc(C(F)(F)F)c1)CCC2.O=C(O)C(F)(F)F. The van der Waals surface area contributed by atoms with Crippen LogP contribution in [-0.4, -0.2) is 62.1 Å². The number of carboxylic acid groups (broad SMARTS) is 1. The number of aromatic nitrogens is 2. The van der Waals surface area contributed by atoms with Crippen LogP contribution in [0.25, 0.3) is 0 Å². The quantitative estimate of drug-likeness (QED) is 0.619. The second-order valence-electron chi connectivity index (χ2n) is 8.30. The normalized spacial score (nSPS) is 14.3. The average molecular weight is 508 g/mol. The fourth-order valence-corrected chi connectivity index (χ4v) is 3.25. The number of carbonyl (C=O) groups excluding carboxylic acids is 1. The Hall–Kier alpha value is -3.09. The van der Waals surface area contributed by atoms with Crippen molar-refractivity contribution in [2.45, 2.75) is 58.3 Å². The van der Waals surface area contributed by atoms with Gasteiger partial charge >= 0.3 is 18.3 Å². The molecule has 7 nitrogen and oxygen atoms in total. The molecular weight excluding hydrogens is 482 g/mol. The molecule has 1 aliphatic heterocycles. The van der Waals surface area contributed by atoms with Crippen LogP contribution >= 0.6 is 0 Å². The van der Waals surface area contributed by atoms with Gasteiger partial charge in [-0.25, -0.2) is 9.78 Å². The van der Waals surface area contributed by atoms with E-state index in [2.05, 4.69) is 23.7 Å². The smallest absolute Gasteiger partial charge is 0.475 e. The Morgan fingerprint density at radius 2 is 1.77 bits per heavy atom. The molecule has 0 aliphatic carbocycles. The number of amides is 1. The first-order valence-corrected chi connectivity index (χ1v) is 10.6. The lowest BCUT2D eigenvalue weighted by atomic mass is 10.1. The number of nitrogens with zero attached hydrogens (tertiary/aromatic N) is 4. The number of imidazole rings is 1. The van der Waals surface area contributed by atoms with E-state index >= 15 is 0 Å². The maximum atomic E-state index is 13.0. The van der Waals surface area contributed by atoms with E-state index < -0.39 is 23.9 Å². The van der Waals surface area contributed by atoms with E-state index in [1.54, 1.807) is 11.2 Å². The predicted octanol–water partition coefficient (Wildman–Crippen LogP) is 4.42. The Morgan fingerprint density at radius 1 is 1.14 bits per heavy atom. The summed E-state index contributed by atoms with van der Waals surface area (Å²) >= 11 is 0. The first-order valence-electron chi connectivity index (χ1n) is 10.6. The summed E-state index contributed by atoms with van der Waals surface area (Å²) in [6, 6.07) is 4.98. The lowest BCUT2D eigenvalue weighted by Crippen LogP contribution is -2.32. The Labute approximate surface area is 198 Å². The number of benzene rings is 1. The molecule has 1 amide bonds. The van der Waals surface area contributed by atoms with Crippen LogP contribution in [0.4, 0.5) is 26.3 Å². The number of fused-ring (bicyclic) bond motifs is 1. The minimum Gasteiger partial charge on any atom is -0.475 e. The molecule has 1 aromatic carbocycles. The molecule has 3 rings (SSSR count). The zero-order valence-corrected chi connectivity index (χ0v) is 19.3. The number of carboxylic acids is 1. The number of rotatable bonds is 4. The van der Waals surface area contributed by atoms with E-state index in [0.29, 0.717) is 25.7 Å². The second kappa shape index (κ2) is 11.1. The first-order chi connectivity index (χ1) is 16.1. The number of hydrogen-bond acceptors (Lipinski definition) is 4. The second-order valence-corrected chi connectivity index (χ2v) is 8.30. The highest BCUT2D eigenvalue weighted by atomic mass is 19.4. The van der Waals surface area contributed by atoms with Crippen molar-refractivity contribution in [3.05, 3.63) is 53.1 Å². The fraction of sp³-hybridized carbons (Fsp3) is 0.500. The number of alkyl halides is 6. The third-order valence-electron chi connectivity index (χ3n) is 5.45. The van der Waals surface area contributed by atoms with Crippen molar-refractivity contribution >= 4 is 11.9 Å². The van der Waals surface area contributed by atoms with Crippen LogP contribution in [0.3, 0.4) is 0 Å². The molecule has 0 fully saturated rings. The molecule has 0 bridgehead atoms. The minimum atomic E-state index is -5.08. The van der Waals surface area contributed by atoms with E-state index in [-0.39, 0.29) is 11.5 Å². The Kier molecular flexibility index (Phi) is 8.93. The van der Waals surface area contributed by atoms with Crippen molar-refractivity contribution in [2.24, 2.45) is 0 Å². The summed E-state index contributed by atoms with van der Waals surface area (Å²) in [7, 11) is 2.01.